The average molecular weight is 176 g/mol. The molecule has 0 radical (unpaired) electrons. The smallest absolute Gasteiger partial charge is 0.0922 e. The van der Waals surface area contributed by atoms with Crippen LogP contribution in [0, 0.1) is 0 Å². The maximum Gasteiger partial charge on any atom is 0.0922 e. The second-order valence-electron chi connectivity index (χ2n) is 2.53. The van der Waals surface area contributed by atoms with Gasteiger partial charge in [0.15, 0.2) is 0 Å². The van der Waals surface area contributed by atoms with E-state index in [4.69, 9.17) is 10.6 Å². The Kier molecular flexibility index (Phi) is 5.36. The van der Waals surface area contributed by atoms with Crippen LogP contribution in [0.25, 0.3) is 10.4 Å². The van der Waals surface area contributed by atoms with Gasteiger partial charge >= 0.3 is 0 Å². The molecule has 0 aliphatic carbocycles. The van der Waals surface area contributed by atoms with Crippen LogP contribution in [-0.2, 0) is 0 Å². The molecule has 0 saturated heterocycles. The predicted octanol–water partition coefficient (Wildman–Crippen LogP) is 0.770. The molecule has 2 N–H and O–H groups in total. The monoisotopic (exact) mass is 176 g/mol. The molecule has 70 valence electrons. The fourth-order valence-corrected chi connectivity index (χ4v) is 0.762. The first-order valence-electron chi connectivity index (χ1n) is 3.58. The third-order valence-electron chi connectivity index (χ3n) is 1.59. The largest absolute Gasteiger partial charge is 0.393 e. The number of aliphatic hydroxyl groups is 2. The van der Waals surface area contributed by atoms with E-state index in [1.54, 1.807) is 0 Å². The van der Waals surface area contributed by atoms with Crippen molar-refractivity contribution in [2.45, 2.75) is 18.4 Å². The molecule has 0 heterocycles. The normalized spacial score (nSPS) is 14.9. The van der Waals surface area contributed by atoms with Crippen molar-refractivity contribution < 1.29 is 14.6 Å². The third kappa shape index (κ3) is 4.12. The van der Waals surface area contributed by atoms with Crippen molar-refractivity contribution in [1.29, 1.82) is 0 Å². The summed E-state index contributed by atoms with van der Waals surface area (Å²) in [5, 5.41) is 21.2. The molecule has 0 amide bonds. The maximum atomic E-state index is 11.8. The number of hydrogen-bond donors (Lipinski definition) is 2. The van der Waals surface area contributed by atoms with Gasteiger partial charge in [0, 0.05) is 17.9 Å². The zero-order valence-electron chi connectivity index (χ0n) is 6.65. The first-order valence-corrected chi connectivity index (χ1v) is 3.58. The molecule has 0 bridgehead atoms. The van der Waals surface area contributed by atoms with Crippen molar-refractivity contribution in [1.82, 2.24) is 0 Å². The van der Waals surface area contributed by atoms with Crippen molar-refractivity contribution in [3.05, 3.63) is 10.4 Å². The molecule has 0 spiro atoms. The minimum atomic E-state index is -1.44. The van der Waals surface area contributed by atoms with Crippen LogP contribution >= 0.6 is 0 Å². The summed E-state index contributed by atoms with van der Waals surface area (Å²) in [6.07, 6.45) is -0.0536. The first-order chi connectivity index (χ1) is 5.68. The average Bonchev–Trinajstić information content (AvgIpc) is 2.06. The lowest BCUT2D eigenvalue weighted by Crippen LogP contribution is -2.34. The Balaban J connectivity index is 3.86. The van der Waals surface area contributed by atoms with E-state index in [1.165, 1.54) is 0 Å². The topological polar surface area (TPSA) is 89.2 Å². The molecule has 0 saturated carbocycles. The molecule has 0 rings (SSSR count). The molecule has 1 unspecified atom stereocenters. The maximum absolute atomic E-state index is 11.8. The van der Waals surface area contributed by atoms with E-state index >= 15 is 0 Å². The van der Waals surface area contributed by atoms with Crippen molar-refractivity contribution in [3.8, 4) is 0 Å². The van der Waals surface area contributed by atoms with Crippen LogP contribution in [0.2, 0.25) is 0 Å². The molecule has 0 aliphatic rings. The summed E-state index contributed by atoms with van der Waals surface area (Å²) in [4.78, 5) is 2.47. The minimum absolute atomic E-state index is 0.0631. The second-order valence-corrected chi connectivity index (χ2v) is 2.53. The lowest BCUT2D eigenvalue weighted by molar-refractivity contribution is -0.0298. The summed E-state index contributed by atoms with van der Waals surface area (Å²) in [5.74, 6) is 0. The lowest BCUT2D eigenvalue weighted by atomic mass is 9.97. The van der Waals surface area contributed by atoms with E-state index in [1.807, 2.05) is 0 Å². The molecular weight excluding hydrogens is 164 g/mol. The van der Waals surface area contributed by atoms with Gasteiger partial charge < -0.3 is 10.2 Å². The Hall–Kier alpha value is -0.840. The Morgan fingerprint density at radius 2 is 2.17 bits per heavy atom. The standard InChI is InChI=1S/C6H12FN3O2/c7-3-1-6(12,5-11)2-4-9-10-8/h11-12H,1-5H2/i7-1. The van der Waals surface area contributed by atoms with Crippen LogP contribution in [0.3, 0.4) is 0 Å². The molecule has 0 aliphatic heterocycles. The van der Waals surface area contributed by atoms with E-state index in [2.05, 4.69) is 10.0 Å². The zero-order chi connectivity index (χ0) is 9.45. The van der Waals surface area contributed by atoms with Crippen LogP contribution in [0.4, 0.5) is 4.39 Å². The van der Waals surface area contributed by atoms with Crippen molar-refractivity contribution in [2.24, 2.45) is 5.11 Å². The van der Waals surface area contributed by atoms with Gasteiger partial charge in [-0.05, 0) is 12.0 Å². The number of aliphatic hydroxyl groups excluding tert-OH is 1. The quantitative estimate of drug-likeness (QED) is 0.355. The van der Waals surface area contributed by atoms with E-state index in [-0.39, 0.29) is 19.4 Å². The Morgan fingerprint density at radius 1 is 1.50 bits per heavy atom. The lowest BCUT2D eigenvalue weighted by Gasteiger charge is -2.23. The van der Waals surface area contributed by atoms with Crippen molar-refractivity contribution in [3.63, 3.8) is 0 Å². The van der Waals surface area contributed by atoms with Gasteiger partial charge in [-0.2, -0.15) is 0 Å². The summed E-state index contributed by atoms with van der Waals surface area (Å²) >= 11 is 0. The van der Waals surface area contributed by atoms with E-state index in [0.29, 0.717) is 0 Å². The van der Waals surface area contributed by atoms with Gasteiger partial charge in [-0.1, -0.05) is 5.11 Å². The van der Waals surface area contributed by atoms with Gasteiger partial charge in [0.05, 0.1) is 18.9 Å². The van der Waals surface area contributed by atoms with Crippen LogP contribution in [0.15, 0.2) is 5.11 Å². The highest BCUT2D eigenvalue weighted by molar-refractivity contribution is 4.77. The minimum Gasteiger partial charge on any atom is -0.393 e. The molecule has 0 aromatic heterocycles. The van der Waals surface area contributed by atoms with E-state index in [0.717, 1.165) is 0 Å². The zero-order valence-corrected chi connectivity index (χ0v) is 6.65. The second kappa shape index (κ2) is 5.77. The fourth-order valence-electron chi connectivity index (χ4n) is 0.762. The fraction of sp³-hybridized carbons (Fsp3) is 1.00. The molecule has 5 nitrogen and oxygen atoms in total. The van der Waals surface area contributed by atoms with Crippen molar-refractivity contribution in [2.75, 3.05) is 19.8 Å². The number of azide groups is 1. The van der Waals surface area contributed by atoms with Crippen LogP contribution in [0.1, 0.15) is 12.8 Å². The van der Waals surface area contributed by atoms with Crippen LogP contribution in [0.5, 0.6) is 0 Å². The predicted molar refractivity (Wildman–Crippen MR) is 41.3 cm³/mol. The molecule has 0 aromatic carbocycles. The number of alkyl halides is 1. The van der Waals surface area contributed by atoms with Gasteiger partial charge in [0.25, 0.3) is 0 Å². The molecule has 12 heavy (non-hydrogen) atoms. The highest BCUT2D eigenvalue weighted by Crippen LogP contribution is 2.14. The molecular formula is C6H12FN3O2. The van der Waals surface area contributed by atoms with Gasteiger partial charge in [0.1, 0.15) is 0 Å². The summed E-state index contributed by atoms with van der Waals surface area (Å²) in [7, 11) is 0. The summed E-state index contributed by atoms with van der Waals surface area (Å²) in [6.45, 7) is -1.15. The van der Waals surface area contributed by atoms with Crippen molar-refractivity contribution >= 4 is 0 Å². The summed E-state index contributed by atoms with van der Waals surface area (Å²) in [5.41, 5.74) is 6.46. The summed E-state index contributed by atoms with van der Waals surface area (Å²) in [6, 6.07) is 0. The van der Waals surface area contributed by atoms with Crippen LogP contribution in [-0.4, -0.2) is 35.6 Å². The van der Waals surface area contributed by atoms with E-state index < -0.39 is 18.9 Å². The number of hydrogen-bond acceptors (Lipinski definition) is 3. The summed E-state index contributed by atoms with van der Waals surface area (Å²) < 4.78 is 11.8. The molecule has 0 aromatic rings. The van der Waals surface area contributed by atoms with Gasteiger partial charge in [-0.15, -0.1) is 0 Å². The van der Waals surface area contributed by atoms with Gasteiger partial charge in [0.2, 0.25) is 0 Å². The third-order valence-corrected chi connectivity index (χ3v) is 1.59. The van der Waals surface area contributed by atoms with E-state index in [9.17, 15) is 9.50 Å². The first kappa shape index (κ1) is 11.2. The van der Waals surface area contributed by atoms with Crippen LogP contribution < -0.4 is 0 Å². The number of halogens is 1. The molecule has 6 heteroatoms. The van der Waals surface area contributed by atoms with Gasteiger partial charge in [-0.3, -0.25) is 4.39 Å². The number of rotatable bonds is 6. The Bertz CT molecular complexity index is 172. The Labute approximate surface area is 69.5 Å². The number of nitrogens with zero attached hydrogens (tertiary/aromatic N) is 3. The van der Waals surface area contributed by atoms with Gasteiger partial charge in [-0.25, -0.2) is 0 Å². The highest BCUT2D eigenvalue weighted by Gasteiger charge is 2.24. The highest BCUT2D eigenvalue weighted by atomic mass is 18.2. The molecule has 1 atom stereocenters. The molecule has 0 fully saturated rings. The SMILES string of the molecule is [N-]=[N+]=NCCC(O)(CO)CC[18F]. The Morgan fingerprint density at radius 3 is 2.58 bits per heavy atom.